The number of benzene rings is 2. The van der Waals surface area contributed by atoms with Gasteiger partial charge in [-0.2, -0.15) is 0 Å². The summed E-state index contributed by atoms with van der Waals surface area (Å²) < 4.78 is 10.6. The van der Waals surface area contributed by atoms with E-state index in [1.54, 1.807) is 24.3 Å². The number of anilines is 1. The number of halogens is 1. The SMILES string of the molecule is CCCCN(c1cccc(Cl)c1)C(C)OC(=O)Oc1ccccc1. The molecule has 0 aromatic heterocycles. The highest BCUT2D eigenvalue weighted by molar-refractivity contribution is 6.30. The fraction of sp³-hybridized carbons (Fsp3) is 0.316. The van der Waals surface area contributed by atoms with Gasteiger partial charge in [0, 0.05) is 17.3 Å². The van der Waals surface area contributed by atoms with E-state index < -0.39 is 12.4 Å². The van der Waals surface area contributed by atoms with Gasteiger partial charge in [0.2, 0.25) is 0 Å². The zero-order valence-electron chi connectivity index (χ0n) is 13.9. The van der Waals surface area contributed by atoms with E-state index in [9.17, 15) is 4.79 Å². The maximum atomic E-state index is 12.0. The first-order valence-electron chi connectivity index (χ1n) is 8.06. The Kier molecular flexibility index (Phi) is 6.94. The molecule has 0 radical (unpaired) electrons. The Hall–Kier alpha value is -2.20. The predicted octanol–water partition coefficient (Wildman–Crippen LogP) is 5.51. The predicted molar refractivity (Wildman–Crippen MR) is 96.7 cm³/mol. The highest BCUT2D eigenvalue weighted by Gasteiger charge is 2.19. The summed E-state index contributed by atoms with van der Waals surface area (Å²) in [5, 5.41) is 0.646. The highest BCUT2D eigenvalue weighted by Crippen LogP contribution is 2.23. The molecule has 0 spiro atoms. The van der Waals surface area contributed by atoms with E-state index in [1.165, 1.54) is 0 Å². The van der Waals surface area contributed by atoms with E-state index in [1.807, 2.05) is 42.2 Å². The molecule has 0 N–H and O–H groups in total. The molecular weight excluding hydrogens is 326 g/mol. The molecule has 2 aromatic carbocycles. The second-order valence-corrected chi connectivity index (χ2v) is 5.85. The van der Waals surface area contributed by atoms with Crippen LogP contribution < -0.4 is 9.64 Å². The summed E-state index contributed by atoms with van der Waals surface area (Å²) in [6.45, 7) is 4.70. The number of hydrogen-bond donors (Lipinski definition) is 0. The van der Waals surface area contributed by atoms with Crippen molar-refractivity contribution in [1.82, 2.24) is 0 Å². The van der Waals surface area contributed by atoms with Gasteiger partial charge in [-0.3, -0.25) is 0 Å². The summed E-state index contributed by atoms with van der Waals surface area (Å²) in [6.07, 6.45) is 0.829. The van der Waals surface area contributed by atoms with E-state index in [-0.39, 0.29) is 0 Å². The molecule has 2 rings (SSSR count). The smallest absolute Gasteiger partial charge is 0.410 e. The van der Waals surface area contributed by atoms with E-state index in [4.69, 9.17) is 21.1 Å². The third-order valence-electron chi connectivity index (χ3n) is 3.54. The molecule has 0 bridgehead atoms. The number of nitrogens with zero attached hydrogens (tertiary/aromatic N) is 1. The fourth-order valence-corrected chi connectivity index (χ4v) is 2.50. The van der Waals surface area contributed by atoms with Gasteiger partial charge in [-0.1, -0.05) is 49.2 Å². The lowest BCUT2D eigenvalue weighted by Crippen LogP contribution is -2.38. The zero-order valence-corrected chi connectivity index (χ0v) is 14.7. The first-order valence-corrected chi connectivity index (χ1v) is 8.43. The molecule has 0 aliphatic heterocycles. The van der Waals surface area contributed by atoms with Crippen molar-refractivity contribution >= 4 is 23.4 Å². The van der Waals surface area contributed by atoms with Crippen LogP contribution in [-0.4, -0.2) is 18.9 Å². The molecule has 0 amide bonds. The number of ether oxygens (including phenoxy) is 2. The third-order valence-corrected chi connectivity index (χ3v) is 3.78. The molecule has 1 unspecified atom stereocenters. The summed E-state index contributed by atoms with van der Waals surface area (Å²) >= 11 is 6.08. The van der Waals surface area contributed by atoms with Gasteiger partial charge < -0.3 is 14.4 Å². The minimum Gasteiger partial charge on any atom is -0.410 e. The van der Waals surface area contributed by atoms with Crippen LogP contribution in [0.4, 0.5) is 10.5 Å². The van der Waals surface area contributed by atoms with Crippen LogP contribution in [0.2, 0.25) is 5.02 Å². The Bertz CT molecular complexity index is 648. The summed E-state index contributed by atoms with van der Waals surface area (Å²) in [5.41, 5.74) is 0.913. The standard InChI is InChI=1S/C19H22ClNO3/c1-3-4-13-21(17-10-8-9-16(20)14-17)15(2)23-19(22)24-18-11-6-5-7-12-18/h5-12,14-15H,3-4,13H2,1-2H3. The number of carbonyl (C=O) groups is 1. The minimum atomic E-state index is -0.725. The van der Waals surface area contributed by atoms with Gasteiger partial charge in [0.25, 0.3) is 0 Å². The van der Waals surface area contributed by atoms with Crippen molar-refractivity contribution in [2.24, 2.45) is 0 Å². The van der Waals surface area contributed by atoms with Crippen molar-refractivity contribution in [3.05, 3.63) is 59.6 Å². The summed E-state index contributed by atoms with van der Waals surface area (Å²) in [5.74, 6) is 0.456. The van der Waals surface area contributed by atoms with E-state index in [2.05, 4.69) is 6.92 Å². The number of para-hydroxylation sites is 1. The monoisotopic (exact) mass is 347 g/mol. The Morgan fingerprint density at radius 1 is 1.17 bits per heavy atom. The van der Waals surface area contributed by atoms with Gasteiger partial charge in [-0.25, -0.2) is 4.79 Å². The van der Waals surface area contributed by atoms with Crippen molar-refractivity contribution in [1.29, 1.82) is 0 Å². The second-order valence-electron chi connectivity index (χ2n) is 5.41. The maximum Gasteiger partial charge on any atom is 0.515 e. The van der Waals surface area contributed by atoms with Crippen molar-refractivity contribution in [3.63, 3.8) is 0 Å². The van der Waals surface area contributed by atoms with E-state index in [0.717, 1.165) is 25.1 Å². The Morgan fingerprint density at radius 3 is 2.58 bits per heavy atom. The average Bonchev–Trinajstić information content (AvgIpc) is 2.56. The topological polar surface area (TPSA) is 38.8 Å². The van der Waals surface area contributed by atoms with Crippen molar-refractivity contribution in [2.75, 3.05) is 11.4 Å². The molecule has 2 aromatic rings. The lowest BCUT2D eigenvalue weighted by molar-refractivity contribution is 0.0640. The molecule has 0 saturated heterocycles. The average molecular weight is 348 g/mol. The van der Waals surface area contributed by atoms with Crippen LogP contribution in [0.1, 0.15) is 26.7 Å². The normalized spacial score (nSPS) is 11.6. The van der Waals surface area contributed by atoms with Crippen LogP contribution in [-0.2, 0) is 4.74 Å². The Balaban J connectivity index is 2.04. The first-order chi connectivity index (χ1) is 11.6. The first kappa shape index (κ1) is 18.1. The lowest BCUT2D eigenvalue weighted by Gasteiger charge is -2.30. The number of carbonyl (C=O) groups excluding carboxylic acids is 1. The van der Waals surface area contributed by atoms with Gasteiger partial charge >= 0.3 is 6.16 Å². The van der Waals surface area contributed by atoms with Crippen LogP contribution in [0.3, 0.4) is 0 Å². The summed E-state index contributed by atoms with van der Waals surface area (Å²) in [7, 11) is 0. The van der Waals surface area contributed by atoms with Crippen LogP contribution in [0.5, 0.6) is 5.75 Å². The lowest BCUT2D eigenvalue weighted by atomic mass is 10.2. The van der Waals surface area contributed by atoms with Gasteiger partial charge in [0.05, 0.1) is 0 Å². The molecule has 24 heavy (non-hydrogen) atoms. The highest BCUT2D eigenvalue weighted by atomic mass is 35.5. The second kappa shape index (κ2) is 9.18. The zero-order chi connectivity index (χ0) is 17.4. The molecule has 0 aliphatic rings. The number of hydrogen-bond acceptors (Lipinski definition) is 4. The van der Waals surface area contributed by atoms with Crippen LogP contribution in [0, 0.1) is 0 Å². The summed E-state index contributed by atoms with van der Waals surface area (Å²) in [4.78, 5) is 14.0. The van der Waals surface area contributed by atoms with Crippen LogP contribution >= 0.6 is 11.6 Å². The third kappa shape index (κ3) is 5.46. The number of unbranched alkanes of at least 4 members (excludes halogenated alkanes) is 1. The fourth-order valence-electron chi connectivity index (χ4n) is 2.32. The van der Waals surface area contributed by atoms with Crippen LogP contribution in [0.25, 0.3) is 0 Å². The van der Waals surface area contributed by atoms with E-state index in [0.29, 0.717) is 10.8 Å². The van der Waals surface area contributed by atoms with E-state index >= 15 is 0 Å². The van der Waals surface area contributed by atoms with Crippen molar-refractivity contribution in [2.45, 2.75) is 32.9 Å². The molecule has 1 atom stereocenters. The Labute approximate surface area is 147 Å². The Morgan fingerprint density at radius 2 is 1.92 bits per heavy atom. The van der Waals surface area contributed by atoms with Gasteiger partial charge in [-0.15, -0.1) is 0 Å². The quantitative estimate of drug-likeness (QED) is 0.376. The molecular formula is C19H22ClNO3. The molecule has 0 aliphatic carbocycles. The molecule has 0 heterocycles. The van der Waals surface area contributed by atoms with Crippen LogP contribution in [0.15, 0.2) is 54.6 Å². The molecule has 0 saturated carbocycles. The molecule has 0 fully saturated rings. The molecule has 5 heteroatoms. The number of rotatable bonds is 7. The molecule has 128 valence electrons. The van der Waals surface area contributed by atoms with Gasteiger partial charge in [-0.05, 0) is 43.7 Å². The van der Waals surface area contributed by atoms with Gasteiger partial charge in [0.1, 0.15) is 5.75 Å². The van der Waals surface area contributed by atoms with Gasteiger partial charge in [0.15, 0.2) is 6.23 Å². The van der Waals surface area contributed by atoms with Crippen molar-refractivity contribution in [3.8, 4) is 5.75 Å². The minimum absolute atomic E-state index is 0.456. The molecule has 4 nitrogen and oxygen atoms in total. The summed E-state index contributed by atoms with van der Waals surface area (Å²) in [6, 6.07) is 16.4. The largest absolute Gasteiger partial charge is 0.515 e. The maximum absolute atomic E-state index is 12.0. The van der Waals surface area contributed by atoms with Crippen molar-refractivity contribution < 1.29 is 14.3 Å².